The molecule has 2 rings (SSSR count). The van der Waals surface area contributed by atoms with E-state index in [0.29, 0.717) is 6.04 Å². The number of piperidine rings is 1. The molecule has 0 amide bonds. The van der Waals surface area contributed by atoms with Gasteiger partial charge in [-0.2, -0.15) is 0 Å². The van der Waals surface area contributed by atoms with Crippen LogP contribution in [0.5, 0.6) is 0 Å². The van der Waals surface area contributed by atoms with Gasteiger partial charge in [-0.15, -0.1) is 0 Å². The van der Waals surface area contributed by atoms with Crippen LogP contribution in [0, 0.1) is 0 Å². The van der Waals surface area contributed by atoms with Crippen molar-refractivity contribution in [3.63, 3.8) is 0 Å². The molecule has 1 aliphatic heterocycles. The van der Waals surface area contributed by atoms with Gasteiger partial charge in [0.2, 0.25) is 0 Å². The van der Waals surface area contributed by atoms with Gasteiger partial charge in [0.25, 0.3) is 0 Å². The van der Waals surface area contributed by atoms with Crippen molar-refractivity contribution in [1.82, 2.24) is 0 Å². The first-order valence-corrected chi connectivity index (χ1v) is 6.75. The molecule has 0 aromatic heterocycles. The number of halogens is 1. The molecule has 3 heteroatoms. The highest BCUT2D eigenvalue weighted by atomic mass is 79.9. The van der Waals surface area contributed by atoms with Gasteiger partial charge in [0.1, 0.15) is 0 Å². The summed E-state index contributed by atoms with van der Waals surface area (Å²) in [5, 5.41) is 3.16. The molecule has 0 spiro atoms. The fourth-order valence-corrected chi connectivity index (χ4v) is 2.96. The third-order valence-corrected chi connectivity index (χ3v) is 3.98. The van der Waals surface area contributed by atoms with Gasteiger partial charge in [-0.05, 0) is 60.3 Å². The number of hydrogen-bond acceptors (Lipinski definition) is 2. The van der Waals surface area contributed by atoms with Crippen LogP contribution < -0.4 is 10.2 Å². The summed E-state index contributed by atoms with van der Waals surface area (Å²) in [7, 11) is 1.95. The van der Waals surface area contributed by atoms with Gasteiger partial charge in [0.05, 0.1) is 5.69 Å². The Morgan fingerprint density at radius 1 is 1.38 bits per heavy atom. The third kappa shape index (κ3) is 2.34. The first kappa shape index (κ1) is 11.8. The molecule has 1 heterocycles. The maximum Gasteiger partial charge on any atom is 0.0514 e. The van der Waals surface area contributed by atoms with E-state index in [2.05, 4.69) is 51.3 Å². The number of hydrogen-bond donors (Lipinski definition) is 1. The average molecular weight is 283 g/mol. The molecule has 16 heavy (non-hydrogen) atoms. The van der Waals surface area contributed by atoms with Crippen molar-refractivity contribution in [2.24, 2.45) is 0 Å². The minimum Gasteiger partial charge on any atom is -0.388 e. The lowest BCUT2D eigenvalue weighted by Gasteiger charge is -2.36. The zero-order valence-electron chi connectivity index (χ0n) is 9.96. The van der Waals surface area contributed by atoms with Crippen molar-refractivity contribution < 1.29 is 0 Å². The highest BCUT2D eigenvalue weighted by Crippen LogP contribution is 2.33. The Bertz CT molecular complexity index is 365. The molecule has 1 aromatic rings. The van der Waals surface area contributed by atoms with Crippen molar-refractivity contribution in [2.75, 3.05) is 23.8 Å². The number of benzene rings is 1. The molecule has 1 N–H and O–H groups in total. The maximum atomic E-state index is 3.67. The second-order valence-electron chi connectivity index (χ2n) is 4.45. The minimum atomic E-state index is 0.658. The number of nitrogens with zero attached hydrogens (tertiary/aromatic N) is 1. The molecule has 1 saturated heterocycles. The summed E-state index contributed by atoms with van der Waals surface area (Å²) in [6, 6.07) is 7.15. The Morgan fingerprint density at radius 3 is 2.81 bits per heavy atom. The van der Waals surface area contributed by atoms with Gasteiger partial charge in [-0.1, -0.05) is 0 Å². The predicted octanol–water partition coefficient (Wildman–Crippen LogP) is 3.87. The zero-order chi connectivity index (χ0) is 11.5. The van der Waals surface area contributed by atoms with Crippen LogP contribution in [0.1, 0.15) is 26.2 Å². The Labute approximate surface area is 106 Å². The van der Waals surface area contributed by atoms with Gasteiger partial charge in [-0.3, -0.25) is 0 Å². The summed E-state index contributed by atoms with van der Waals surface area (Å²) in [6.45, 7) is 3.50. The summed E-state index contributed by atoms with van der Waals surface area (Å²) in [5.74, 6) is 0. The second kappa shape index (κ2) is 5.09. The minimum absolute atomic E-state index is 0.658. The van der Waals surface area contributed by atoms with E-state index < -0.39 is 0 Å². The molecule has 2 nitrogen and oxygen atoms in total. The topological polar surface area (TPSA) is 15.3 Å². The van der Waals surface area contributed by atoms with E-state index >= 15 is 0 Å². The highest BCUT2D eigenvalue weighted by molar-refractivity contribution is 9.10. The molecule has 1 atom stereocenters. The molecule has 0 aliphatic carbocycles. The van der Waals surface area contributed by atoms with E-state index in [-0.39, 0.29) is 0 Å². The van der Waals surface area contributed by atoms with Crippen molar-refractivity contribution in [1.29, 1.82) is 0 Å². The van der Waals surface area contributed by atoms with E-state index in [1.54, 1.807) is 0 Å². The van der Waals surface area contributed by atoms with Crippen molar-refractivity contribution in [3.8, 4) is 0 Å². The SMILES string of the molecule is CNc1ccc(N2CCCCC2C)c(Br)c1. The quantitative estimate of drug-likeness (QED) is 0.886. The summed E-state index contributed by atoms with van der Waals surface area (Å²) < 4.78 is 1.19. The third-order valence-electron chi connectivity index (χ3n) is 3.35. The lowest BCUT2D eigenvalue weighted by molar-refractivity contribution is 0.484. The second-order valence-corrected chi connectivity index (χ2v) is 5.31. The van der Waals surface area contributed by atoms with Gasteiger partial charge in [0.15, 0.2) is 0 Å². The molecule has 1 fully saturated rings. The smallest absolute Gasteiger partial charge is 0.0514 e. The number of rotatable bonds is 2. The zero-order valence-corrected chi connectivity index (χ0v) is 11.5. The predicted molar refractivity (Wildman–Crippen MR) is 74.3 cm³/mol. The molecule has 0 bridgehead atoms. The van der Waals surface area contributed by atoms with Gasteiger partial charge < -0.3 is 10.2 Å². The Morgan fingerprint density at radius 2 is 2.19 bits per heavy atom. The summed E-state index contributed by atoms with van der Waals surface area (Å²) in [4.78, 5) is 2.51. The van der Waals surface area contributed by atoms with Gasteiger partial charge >= 0.3 is 0 Å². The van der Waals surface area contributed by atoms with Crippen LogP contribution in [0.25, 0.3) is 0 Å². The molecule has 88 valence electrons. The Hall–Kier alpha value is -0.700. The molecule has 1 aliphatic rings. The van der Waals surface area contributed by atoms with E-state index in [4.69, 9.17) is 0 Å². The van der Waals surface area contributed by atoms with Crippen LogP contribution in [-0.4, -0.2) is 19.6 Å². The molecular weight excluding hydrogens is 264 g/mol. The van der Waals surface area contributed by atoms with Gasteiger partial charge in [0, 0.05) is 29.8 Å². The van der Waals surface area contributed by atoms with Crippen LogP contribution >= 0.6 is 15.9 Å². The summed E-state index contributed by atoms with van der Waals surface area (Å²) >= 11 is 3.67. The molecule has 1 unspecified atom stereocenters. The van der Waals surface area contributed by atoms with Crippen LogP contribution in [0.4, 0.5) is 11.4 Å². The van der Waals surface area contributed by atoms with E-state index in [1.807, 2.05) is 7.05 Å². The molecular formula is C13H19BrN2. The Kier molecular flexibility index (Phi) is 3.74. The molecule has 0 saturated carbocycles. The fourth-order valence-electron chi connectivity index (χ4n) is 2.35. The monoisotopic (exact) mass is 282 g/mol. The summed E-state index contributed by atoms with van der Waals surface area (Å²) in [5.41, 5.74) is 2.48. The van der Waals surface area contributed by atoms with Crippen LogP contribution in [0.15, 0.2) is 22.7 Å². The van der Waals surface area contributed by atoms with Crippen LogP contribution in [0.2, 0.25) is 0 Å². The van der Waals surface area contributed by atoms with Crippen LogP contribution in [-0.2, 0) is 0 Å². The Balaban J connectivity index is 2.25. The summed E-state index contributed by atoms with van der Waals surface area (Å²) in [6.07, 6.45) is 3.98. The lowest BCUT2D eigenvalue weighted by atomic mass is 10.0. The normalized spacial score (nSPS) is 20.9. The highest BCUT2D eigenvalue weighted by Gasteiger charge is 2.20. The fraction of sp³-hybridized carbons (Fsp3) is 0.538. The number of nitrogens with one attached hydrogen (secondary N) is 1. The van der Waals surface area contributed by atoms with Crippen LogP contribution in [0.3, 0.4) is 0 Å². The van der Waals surface area contributed by atoms with Crippen molar-refractivity contribution in [2.45, 2.75) is 32.2 Å². The van der Waals surface area contributed by atoms with E-state index in [1.165, 1.54) is 36.0 Å². The van der Waals surface area contributed by atoms with E-state index in [0.717, 1.165) is 5.69 Å². The first-order valence-electron chi connectivity index (χ1n) is 5.96. The van der Waals surface area contributed by atoms with E-state index in [9.17, 15) is 0 Å². The maximum absolute atomic E-state index is 3.67. The lowest BCUT2D eigenvalue weighted by Crippen LogP contribution is -2.37. The van der Waals surface area contributed by atoms with Gasteiger partial charge in [-0.25, -0.2) is 0 Å². The molecule has 0 radical (unpaired) electrons. The number of anilines is 2. The largest absolute Gasteiger partial charge is 0.388 e. The first-order chi connectivity index (χ1) is 7.72. The van der Waals surface area contributed by atoms with Crippen molar-refractivity contribution >= 4 is 27.3 Å². The molecule has 1 aromatic carbocycles. The average Bonchev–Trinajstić information content (AvgIpc) is 2.30. The standard InChI is InChI=1S/C13H19BrN2/c1-10-5-3-4-8-16(10)13-7-6-11(15-2)9-12(13)14/h6-7,9-10,15H,3-5,8H2,1-2H3. The van der Waals surface area contributed by atoms with Crippen molar-refractivity contribution in [3.05, 3.63) is 22.7 Å².